The van der Waals surface area contributed by atoms with Crippen molar-refractivity contribution in [2.75, 3.05) is 39.3 Å². The third kappa shape index (κ3) is 6.44. The summed E-state index contributed by atoms with van der Waals surface area (Å²) in [5.41, 5.74) is 2.58. The molecule has 0 bridgehead atoms. The van der Waals surface area contributed by atoms with E-state index in [1.165, 1.54) is 12.1 Å². The van der Waals surface area contributed by atoms with E-state index >= 15 is 0 Å². The van der Waals surface area contributed by atoms with E-state index in [1.54, 1.807) is 16.8 Å². The third-order valence-corrected chi connectivity index (χ3v) is 6.55. The maximum Gasteiger partial charge on any atom is 0.573 e. The van der Waals surface area contributed by atoms with Crippen LogP contribution in [0.2, 0.25) is 0 Å². The van der Waals surface area contributed by atoms with Gasteiger partial charge < -0.3 is 14.5 Å². The Labute approximate surface area is 190 Å². The van der Waals surface area contributed by atoms with Gasteiger partial charge in [-0.3, -0.25) is 0 Å². The lowest BCUT2D eigenvalue weighted by Crippen LogP contribution is -2.44. The Morgan fingerprint density at radius 1 is 0.970 bits per heavy atom. The molecule has 2 fully saturated rings. The number of aromatic nitrogens is 2. The minimum atomic E-state index is -4.71. The molecule has 0 spiro atoms. The van der Waals surface area contributed by atoms with E-state index in [0.717, 1.165) is 50.4 Å². The maximum absolute atomic E-state index is 13.3. The highest BCUT2D eigenvalue weighted by atomic mass is 19.4. The first-order valence-corrected chi connectivity index (χ1v) is 11.3. The predicted molar refractivity (Wildman–Crippen MR) is 114 cm³/mol. The van der Waals surface area contributed by atoms with Crippen LogP contribution in [-0.4, -0.2) is 71.1 Å². The lowest BCUT2D eigenvalue weighted by atomic mass is 9.93. The lowest BCUT2D eigenvalue weighted by Gasteiger charge is -2.35. The molecular weight excluding hydrogens is 443 g/mol. The third-order valence-electron chi connectivity index (χ3n) is 6.55. The van der Waals surface area contributed by atoms with E-state index in [-0.39, 0.29) is 18.6 Å². The number of likely N-dealkylation sites (tertiary alicyclic amines) is 2. The maximum atomic E-state index is 13.3. The highest BCUT2D eigenvalue weighted by Crippen LogP contribution is 2.30. The summed E-state index contributed by atoms with van der Waals surface area (Å²) >= 11 is 0. The SMILES string of the molecule is Cc1cc(C2CCN(CCN3CCC(F)(F)CC3)CC2)nn1-c1ccc(OC(F)(F)F)cc1. The van der Waals surface area contributed by atoms with Crippen molar-refractivity contribution in [2.45, 2.75) is 50.8 Å². The van der Waals surface area contributed by atoms with Gasteiger partial charge in [0, 0.05) is 50.6 Å². The number of alkyl halides is 5. The summed E-state index contributed by atoms with van der Waals surface area (Å²) in [6.07, 6.45) is -2.88. The van der Waals surface area contributed by atoms with Gasteiger partial charge in [0.2, 0.25) is 0 Å². The fourth-order valence-corrected chi connectivity index (χ4v) is 4.59. The van der Waals surface area contributed by atoms with Gasteiger partial charge in [0.1, 0.15) is 5.75 Å². The average Bonchev–Trinajstić information content (AvgIpc) is 3.14. The molecule has 0 saturated carbocycles. The van der Waals surface area contributed by atoms with Gasteiger partial charge in [-0.25, -0.2) is 13.5 Å². The number of hydrogen-bond acceptors (Lipinski definition) is 4. The zero-order valence-electron chi connectivity index (χ0n) is 18.6. The Balaban J connectivity index is 1.28. The van der Waals surface area contributed by atoms with Crippen molar-refractivity contribution in [1.29, 1.82) is 0 Å². The zero-order valence-corrected chi connectivity index (χ0v) is 18.6. The van der Waals surface area contributed by atoms with Gasteiger partial charge in [-0.1, -0.05) is 0 Å². The highest BCUT2D eigenvalue weighted by molar-refractivity contribution is 5.38. The standard InChI is InChI=1S/C23H29F5N4O/c1-17-16-21(29-32(17)19-2-4-20(5-3-19)33-23(26,27)28)18-6-10-30(11-7-18)14-15-31-12-8-22(24,25)9-13-31/h2-5,16,18H,6-15H2,1H3. The summed E-state index contributed by atoms with van der Waals surface area (Å²) in [6, 6.07) is 7.72. The Hall–Kier alpha value is -2.20. The molecule has 2 aliphatic heterocycles. The fraction of sp³-hybridized carbons (Fsp3) is 0.609. The zero-order chi connectivity index (χ0) is 23.6. The summed E-state index contributed by atoms with van der Waals surface area (Å²) in [5, 5.41) is 4.72. The molecule has 182 valence electrons. The molecule has 1 aromatic carbocycles. The number of halogens is 5. The molecule has 4 rings (SSSR count). The number of ether oxygens (including phenoxy) is 1. The van der Waals surface area contributed by atoms with Crippen LogP contribution in [0.1, 0.15) is 43.0 Å². The van der Waals surface area contributed by atoms with E-state index in [4.69, 9.17) is 5.10 Å². The van der Waals surface area contributed by atoms with Crippen molar-refractivity contribution >= 4 is 0 Å². The van der Waals surface area contributed by atoms with Crippen molar-refractivity contribution < 1.29 is 26.7 Å². The predicted octanol–water partition coefficient (Wildman–Crippen LogP) is 4.99. The van der Waals surface area contributed by atoms with E-state index in [2.05, 4.69) is 14.5 Å². The second kappa shape index (κ2) is 9.58. The highest BCUT2D eigenvalue weighted by Gasteiger charge is 2.34. The molecule has 2 saturated heterocycles. The van der Waals surface area contributed by atoms with Crippen molar-refractivity contribution in [3.63, 3.8) is 0 Å². The van der Waals surface area contributed by atoms with Gasteiger partial charge in [0.15, 0.2) is 0 Å². The molecule has 3 heterocycles. The average molecular weight is 473 g/mol. The van der Waals surface area contributed by atoms with Crippen LogP contribution in [0.15, 0.2) is 30.3 Å². The topological polar surface area (TPSA) is 33.5 Å². The summed E-state index contributed by atoms with van der Waals surface area (Å²) < 4.78 is 69.4. The van der Waals surface area contributed by atoms with Crippen LogP contribution >= 0.6 is 0 Å². The molecule has 10 heteroatoms. The number of piperidine rings is 2. The van der Waals surface area contributed by atoms with Crippen LogP contribution < -0.4 is 4.74 Å². The van der Waals surface area contributed by atoms with Gasteiger partial charge in [0.25, 0.3) is 5.92 Å². The number of rotatable bonds is 6. The second-order valence-corrected chi connectivity index (χ2v) is 8.98. The van der Waals surface area contributed by atoms with Gasteiger partial charge in [-0.05, 0) is 63.2 Å². The van der Waals surface area contributed by atoms with Crippen LogP contribution in [0.3, 0.4) is 0 Å². The molecule has 0 amide bonds. The lowest BCUT2D eigenvalue weighted by molar-refractivity contribution is -0.274. The first kappa shape index (κ1) is 23.9. The van der Waals surface area contributed by atoms with Gasteiger partial charge >= 0.3 is 6.36 Å². The fourth-order valence-electron chi connectivity index (χ4n) is 4.59. The minimum Gasteiger partial charge on any atom is -0.406 e. The van der Waals surface area contributed by atoms with E-state index < -0.39 is 12.3 Å². The molecule has 0 N–H and O–H groups in total. The number of aryl methyl sites for hydroxylation is 1. The Morgan fingerprint density at radius 2 is 1.55 bits per heavy atom. The first-order chi connectivity index (χ1) is 15.6. The summed E-state index contributed by atoms with van der Waals surface area (Å²) in [4.78, 5) is 4.51. The van der Waals surface area contributed by atoms with Crippen LogP contribution in [-0.2, 0) is 0 Å². The van der Waals surface area contributed by atoms with Crippen molar-refractivity contribution in [2.24, 2.45) is 0 Å². The minimum absolute atomic E-state index is 0.0465. The van der Waals surface area contributed by atoms with Gasteiger partial charge in [-0.15, -0.1) is 13.2 Å². The molecule has 5 nitrogen and oxygen atoms in total. The van der Waals surface area contributed by atoms with E-state index in [9.17, 15) is 22.0 Å². The summed E-state index contributed by atoms with van der Waals surface area (Å²) in [5.74, 6) is -2.44. The largest absolute Gasteiger partial charge is 0.573 e. The summed E-state index contributed by atoms with van der Waals surface area (Å²) in [6.45, 7) is 6.43. The summed E-state index contributed by atoms with van der Waals surface area (Å²) in [7, 11) is 0. The van der Waals surface area contributed by atoms with Crippen LogP contribution in [0.4, 0.5) is 22.0 Å². The number of nitrogens with zero attached hydrogens (tertiary/aromatic N) is 4. The molecule has 2 aromatic rings. The van der Waals surface area contributed by atoms with E-state index in [0.29, 0.717) is 24.7 Å². The van der Waals surface area contributed by atoms with Crippen LogP contribution in [0.5, 0.6) is 5.75 Å². The van der Waals surface area contributed by atoms with Crippen molar-refractivity contribution in [3.8, 4) is 11.4 Å². The van der Waals surface area contributed by atoms with Crippen LogP contribution in [0, 0.1) is 6.92 Å². The molecular formula is C23H29F5N4O. The van der Waals surface area contributed by atoms with E-state index in [1.807, 2.05) is 13.0 Å². The smallest absolute Gasteiger partial charge is 0.406 e. The van der Waals surface area contributed by atoms with Crippen molar-refractivity contribution in [3.05, 3.63) is 41.7 Å². The first-order valence-electron chi connectivity index (χ1n) is 11.3. The monoisotopic (exact) mass is 472 g/mol. The Bertz CT molecular complexity index is 910. The molecule has 0 aliphatic carbocycles. The second-order valence-electron chi connectivity index (χ2n) is 8.98. The Kier molecular flexibility index (Phi) is 6.95. The number of hydrogen-bond donors (Lipinski definition) is 0. The van der Waals surface area contributed by atoms with Crippen LogP contribution in [0.25, 0.3) is 5.69 Å². The molecule has 1 aromatic heterocycles. The molecule has 0 radical (unpaired) electrons. The normalized spacial score (nSPS) is 20.8. The molecule has 2 aliphatic rings. The molecule has 33 heavy (non-hydrogen) atoms. The van der Waals surface area contributed by atoms with Gasteiger partial charge in [0.05, 0.1) is 11.4 Å². The molecule has 0 unspecified atom stereocenters. The quantitative estimate of drug-likeness (QED) is 0.555. The Morgan fingerprint density at radius 3 is 2.12 bits per heavy atom. The van der Waals surface area contributed by atoms with Crippen molar-refractivity contribution in [1.82, 2.24) is 19.6 Å². The molecule has 0 atom stereocenters. The van der Waals surface area contributed by atoms with Gasteiger partial charge in [-0.2, -0.15) is 5.10 Å². The number of benzene rings is 1.